The number of nitro groups is 1. The second-order valence-electron chi connectivity index (χ2n) is 5.53. The standard InChI is InChI=1S/C18H17N3O4/c1-2-25-18(22)11-16-15-5-3-4-6-17(15)20(19-16)12-13-7-9-14(10-8-13)21(23)24/h3-10H,2,11-12H2,1H3. The van der Waals surface area contributed by atoms with Gasteiger partial charge in [-0.2, -0.15) is 5.10 Å². The number of rotatable bonds is 6. The molecule has 0 saturated carbocycles. The van der Waals surface area contributed by atoms with Crippen molar-refractivity contribution in [3.8, 4) is 0 Å². The minimum atomic E-state index is -0.426. The molecule has 0 spiro atoms. The molecule has 0 amide bonds. The summed E-state index contributed by atoms with van der Waals surface area (Å²) in [4.78, 5) is 22.1. The fourth-order valence-corrected chi connectivity index (χ4v) is 2.69. The minimum absolute atomic E-state index is 0.0528. The van der Waals surface area contributed by atoms with Crippen molar-refractivity contribution in [3.63, 3.8) is 0 Å². The monoisotopic (exact) mass is 339 g/mol. The Morgan fingerprint density at radius 2 is 1.92 bits per heavy atom. The summed E-state index contributed by atoms with van der Waals surface area (Å²) >= 11 is 0. The third-order valence-electron chi connectivity index (χ3n) is 3.83. The molecule has 0 bridgehead atoms. The predicted octanol–water partition coefficient (Wildman–Crippen LogP) is 3.10. The van der Waals surface area contributed by atoms with Crippen molar-refractivity contribution in [1.82, 2.24) is 9.78 Å². The average Bonchev–Trinajstić information content (AvgIpc) is 2.93. The van der Waals surface area contributed by atoms with Crippen LogP contribution >= 0.6 is 0 Å². The molecule has 3 aromatic rings. The van der Waals surface area contributed by atoms with Gasteiger partial charge in [0.15, 0.2) is 0 Å². The van der Waals surface area contributed by atoms with E-state index in [1.165, 1.54) is 12.1 Å². The van der Waals surface area contributed by atoms with Crippen LogP contribution in [0.4, 0.5) is 5.69 Å². The van der Waals surface area contributed by atoms with Gasteiger partial charge in [-0.05, 0) is 18.6 Å². The van der Waals surface area contributed by atoms with Crippen LogP contribution in [0, 0.1) is 10.1 Å². The van der Waals surface area contributed by atoms with Crippen molar-refractivity contribution in [1.29, 1.82) is 0 Å². The van der Waals surface area contributed by atoms with E-state index in [9.17, 15) is 14.9 Å². The van der Waals surface area contributed by atoms with Crippen molar-refractivity contribution in [3.05, 3.63) is 69.9 Å². The van der Waals surface area contributed by atoms with Crippen LogP contribution in [0.15, 0.2) is 48.5 Å². The molecule has 0 atom stereocenters. The number of carbonyl (C=O) groups excluding carboxylic acids is 1. The lowest BCUT2D eigenvalue weighted by Gasteiger charge is -2.03. The summed E-state index contributed by atoms with van der Waals surface area (Å²) in [5.41, 5.74) is 2.51. The SMILES string of the molecule is CCOC(=O)Cc1nn(Cc2ccc([N+](=O)[O-])cc2)c2ccccc12. The largest absolute Gasteiger partial charge is 0.466 e. The molecule has 0 aliphatic rings. The number of carbonyl (C=O) groups is 1. The summed E-state index contributed by atoms with van der Waals surface area (Å²) in [7, 11) is 0. The Morgan fingerprint density at radius 3 is 2.60 bits per heavy atom. The first kappa shape index (κ1) is 16.6. The summed E-state index contributed by atoms with van der Waals surface area (Å²) in [5, 5.41) is 16.2. The van der Waals surface area contributed by atoms with Crippen LogP contribution < -0.4 is 0 Å². The molecule has 3 rings (SSSR count). The van der Waals surface area contributed by atoms with E-state index in [0.29, 0.717) is 18.8 Å². The zero-order valence-corrected chi connectivity index (χ0v) is 13.7. The zero-order valence-electron chi connectivity index (χ0n) is 13.7. The Kier molecular flexibility index (Phi) is 4.74. The molecule has 0 aliphatic heterocycles. The van der Waals surface area contributed by atoms with Gasteiger partial charge in [-0.25, -0.2) is 0 Å². The molecule has 7 nitrogen and oxygen atoms in total. The quantitative estimate of drug-likeness (QED) is 0.391. The smallest absolute Gasteiger partial charge is 0.311 e. The summed E-state index contributed by atoms with van der Waals surface area (Å²) < 4.78 is 6.80. The van der Waals surface area contributed by atoms with Crippen LogP contribution in [0.25, 0.3) is 10.9 Å². The molecule has 2 aromatic carbocycles. The fourth-order valence-electron chi connectivity index (χ4n) is 2.69. The third-order valence-corrected chi connectivity index (χ3v) is 3.83. The first-order chi connectivity index (χ1) is 12.1. The molecule has 0 saturated heterocycles. The summed E-state index contributed by atoms with van der Waals surface area (Å²) in [6.45, 7) is 2.56. The number of ether oxygens (including phenoxy) is 1. The minimum Gasteiger partial charge on any atom is -0.466 e. The topological polar surface area (TPSA) is 87.3 Å². The van der Waals surface area contributed by atoms with E-state index < -0.39 is 4.92 Å². The van der Waals surface area contributed by atoms with E-state index >= 15 is 0 Å². The summed E-state index contributed by atoms with van der Waals surface area (Å²) in [6, 6.07) is 14.0. The van der Waals surface area contributed by atoms with Gasteiger partial charge in [-0.3, -0.25) is 19.6 Å². The molecule has 7 heteroatoms. The van der Waals surface area contributed by atoms with Crippen molar-refractivity contribution < 1.29 is 14.5 Å². The van der Waals surface area contributed by atoms with Crippen molar-refractivity contribution in [2.75, 3.05) is 6.61 Å². The summed E-state index contributed by atoms with van der Waals surface area (Å²) in [5.74, 6) is -0.312. The number of fused-ring (bicyclic) bond motifs is 1. The van der Waals surface area contributed by atoms with Crippen LogP contribution in [0.5, 0.6) is 0 Å². The Balaban J connectivity index is 1.90. The second kappa shape index (κ2) is 7.12. The lowest BCUT2D eigenvalue weighted by Crippen LogP contribution is -2.09. The van der Waals surface area contributed by atoms with Crippen molar-refractivity contribution in [2.45, 2.75) is 19.9 Å². The van der Waals surface area contributed by atoms with Crippen LogP contribution in [-0.2, 0) is 22.5 Å². The van der Waals surface area contributed by atoms with E-state index in [4.69, 9.17) is 4.74 Å². The Hall–Kier alpha value is -3.22. The van der Waals surface area contributed by atoms with E-state index in [2.05, 4.69) is 5.10 Å². The Morgan fingerprint density at radius 1 is 1.20 bits per heavy atom. The van der Waals surface area contributed by atoms with Crippen molar-refractivity contribution >= 4 is 22.6 Å². The summed E-state index contributed by atoms with van der Waals surface area (Å²) in [6.07, 6.45) is 0.113. The predicted molar refractivity (Wildman–Crippen MR) is 92.3 cm³/mol. The molecule has 25 heavy (non-hydrogen) atoms. The van der Waals surface area contributed by atoms with E-state index in [-0.39, 0.29) is 18.1 Å². The fraction of sp³-hybridized carbons (Fsp3) is 0.222. The van der Waals surface area contributed by atoms with Gasteiger partial charge < -0.3 is 4.74 Å². The van der Waals surface area contributed by atoms with Crippen LogP contribution in [0.3, 0.4) is 0 Å². The molecule has 0 radical (unpaired) electrons. The average molecular weight is 339 g/mol. The Labute approximate surface area is 144 Å². The lowest BCUT2D eigenvalue weighted by molar-refractivity contribution is -0.384. The van der Waals surface area contributed by atoms with Gasteiger partial charge in [0.05, 0.1) is 35.7 Å². The van der Waals surface area contributed by atoms with Gasteiger partial charge in [0.2, 0.25) is 0 Å². The van der Waals surface area contributed by atoms with Gasteiger partial charge >= 0.3 is 5.97 Å². The normalized spacial score (nSPS) is 10.8. The van der Waals surface area contributed by atoms with Gasteiger partial charge in [-0.15, -0.1) is 0 Å². The number of hydrogen-bond donors (Lipinski definition) is 0. The second-order valence-corrected chi connectivity index (χ2v) is 5.53. The number of benzene rings is 2. The molecule has 0 fully saturated rings. The van der Waals surface area contributed by atoms with Gasteiger partial charge in [-0.1, -0.05) is 30.3 Å². The number of nitro benzene ring substituents is 1. The van der Waals surface area contributed by atoms with Crippen LogP contribution in [0.1, 0.15) is 18.2 Å². The number of hydrogen-bond acceptors (Lipinski definition) is 5. The highest BCUT2D eigenvalue weighted by Crippen LogP contribution is 2.21. The first-order valence-electron chi connectivity index (χ1n) is 7.92. The molecule has 1 heterocycles. The van der Waals surface area contributed by atoms with E-state index in [1.807, 2.05) is 24.3 Å². The van der Waals surface area contributed by atoms with E-state index in [1.54, 1.807) is 23.7 Å². The van der Waals surface area contributed by atoms with E-state index in [0.717, 1.165) is 16.5 Å². The maximum Gasteiger partial charge on any atom is 0.311 e. The zero-order chi connectivity index (χ0) is 17.8. The Bertz CT molecular complexity index is 916. The first-order valence-corrected chi connectivity index (χ1v) is 7.92. The number of non-ortho nitro benzene ring substituents is 1. The maximum absolute atomic E-state index is 11.8. The highest BCUT2D eigenvalue weighted by atomic mass is 16.6. The van der Waals surface area contributed by atoms with Crippen LogP contribution in [-0.4, -0.2) is 27.3 Å². The maximum atomic E-state index is 11.8. The number of esters is 1. The molecule has 0 N–H and O–H groups in total. The van der Waals surface area contributed by atoms with Crippen LogP contribution in [0.2, 0.25) is 0 Å². The molecule has 128 valence electrons. The molecule has 0 unspecified atom stereocenters. The van der Waals surface area contributed by atoms with Gasteiger partial charge in [0.1, 0.15) is 0 Å². The molecule has 1 aromatic heterocycles. The third kappa shape index (κ3) is 3.65. The van der Waals surface area contributed by atoms with Gasteiger partial charge in [0, 0.05) is 17.5 Å². The lowest BCUT2D eigenvalue weighted by atomic mass is 10.1. The number of para-hydroxylation sites is 1. The highest BCUT2D eigenvalue weighted by Gasteiger charge is 2.14. The number of nitrogens with zero attached hydrogens (tertiary/aromatic N) is 3. The number of aromatic nitrogens is 2. The molecular weight excluding hydrogens is 322 g/mol. The molecular formula is C18H17N3O4. The highest BCUT2D eigenvalue weighted by molar-refractivity contribution is 5.86. The van der Waals surface area contributed by atoms with Gasteiger partial charge in [0.25, 0.3) is 5.69 Å². The van der Waals surface area contributed by atoms with Crippen molar-refractivity contribution in [2.24, 2.45) is 0 Å². The molecule has 0 aliphatic carbocycles.